The van der Waals surface area contributed by atoms with Gasteiger partial charge in [-0.15, -0.1) is 5.11 Å². The molecule has 2 N–H and O–H groups in total. The van der Waals surface area contributed by atoms with E-state index in [1.807, 2.05) is 0 Å². The lowest BCUT2D eigenvalue weighted by Gasteiger charge is -2.18. The molecule has 0 aliphatic carbocycles. The second-order valence-electron chi connectivity index (χ2n) is 5.91. The van der Waals surface area contributed by atoms with Crippen LogP contribution in [0.25, 0.3) is 11.3 Å². The largest absolute Gasteiger partial charge is 0.486 e. The van der Waals surface area contributed by atoms with Crippen molar-refractivity contribution in [3.8, 4) is 22.8 Å². The minimum absolute atomic E-state index is 0.00317. The van der Waals surface area contributed by atoms with Crippen molar-refractivity contribution in [1.29, 1.82) is 0 Å². The molecule has 1 aliphatic rings. The monoisotopic (exact) mass is 390 g/mol. The van der Waals surface area contributed by atoms with Gasteiger partial charge in [-0.1, -0.05) is 0 Å². The molecule has 28 heavy (non-hydrogen) atoms. The molecule has 3 aromatic rings. The van der Waals surface area contributed by atoms with Gasteiger partial charge in [0.25, 0.3) is 5.56 Å². The Kier molecular flexibility index (Phi) is 4.38. The molecule has 0 saturated heterocycles. The molecule has 1 aromatic heterocycles. The predicted octanol–water partition coefficient (Wildman–Crippen LogP) is 4.58. The van der Waals surface area contributed by atoms with Gasteiger partial charge in [-0.3, -0.25) is 15.0 Å². The van der Waals surface area contributed by atoms with E-state index < -0.39 is 17.3 Å². The van der Waals surface area contributed by atoms with E-state index in [0.29, 0.717) is 36.0 Å². The molecule has 1 aliphatic heterocycles. The lowest BCUT2D eigenvalue weighted by molar-refractivity contribution is -0.137. The average Bonchev–Trinajstić information content (AvgIpc) is 3.06. The molecule has 0 radical (unpaired) electrons. The molecular weight excluding hydrogens is 377 g/mol. The maximum Gasteiger partial charge on any atom is 0.416 e. The Hall–Kier alpha value is -3.56. The molecule has 0 bridgehead atoms. The number of fused-ring (bicyclic) bond motifs is 1. The molecule has 2 heterocycles. The summed E-state index contributed by atoms with van der Waals surface area (Å²) in [5.74, 6) is 1.14. The molecule has 0 fully saturated rings. The molecule has 0 spiro atoms. The van der Waals surface area contributed by atoms with Gasteiger partial charge in [0.05, 0.1) is 16.9 Å². The highest BCUT2D eigenvalue weighted by Gasteiger charge is 2.29. The zero-order valence-corrected chi connectivity index (χ0v) is 14.2. The molecule has 0 atom stereocenters. The third-order valence-corrected chi connectivity index (χ3v) is 4.04. The first-order valence-electron chi connectivity index (χ1n) is 8.21. The number of rotatable bonds is 3. The molecule has 0 amide bonds. The summed E-state index contributed by atoms with van der Waals surface area (Å²) in [6.07, 6.45) is -4.43. The standard InChI is InChI=1S/C18H13F3N4O3/c19-18(20,21)11-2-4-12(5-3-11)22-24-16-15(23-25-17(16)26)10-1-6-13-14(9-10)28-8-7-27-13/h1-6,9H,7-8H2,(H2,23,25,26). The second kappa shape index (κ2) is 6.87. The number of hydrogen-bond donors (Lipinski definition) is 2. The summed E-state index contributed by atoms with van der Waals surface area (Å²) in [4.78, 5) is 12.1. The van der Waals surface area contributed by atoms with Gasteiger partial charge in [0, 0.05) is 5.56 Å². The zero-order valence-electron chi connectivity index (χ0n) is 14.2. The Balaban J connectivity index is 1.64. The van der Waals surface area contributed by atoms with Crippen LogP contribution >= 0.6 is 0 Å². The first kappa shape index (κ1) is 17.8. The van der Waals surface area contributed by atoms with E-state index in [9.17, 15) is 18.0 Å². The van der Waals surface area contributed by atoms with Crippen molar-refractivity contribution >= 4 is 11.4 Å². The molecule has 0 saturated carbocycles. The van der Waals surface area contributed by atoms with E-state index in [4.69, 9.17) is 9.47 Å². The molecule has 7 nitrogen and oxygen atoms in total. The van der Waals surface area contributed by atoms with Crippen molar-refractivity contribution in [2.24, 2.45) is 10.2 Å². The normalized spacial score (nSPS) is 13.8. The van der Waals surface area contributed by atoms with Gasteiger partial charge < -0.3 is 9.47 Å². The van der Waals surface area contributed by atoms with Crippen LogP contribution in [0.3, 0.4) is 0 Å². The van der Waals surface area contributed by atoms with Crippen LogP contribution in [0.15, 0.2) is 57.5 Å². The summed E-state index contributed by atoms with van der Waals surface area (Å²) >= 11 is 0. The van der Waals surface area contributed by atoms with Crippen LogP contribution in [-0.2, 0) is 6.18 Å². The molecule has 144 valence electrons. The number of ether oxygens (including phenoxy) is 2. The summed E-state index contributed by atoms with van der Waals surface area (Å²) in [7, 11) is 0. The zero-order chi connectivity index (χ0) is 19.7. The third kappa shape index (κ3) is 3.48. The lowest BCUT2D eigenvalue weighted by Crippen LogP contribution is -2.15. The average molecular weight is 390 g/mol. The van der Waals surface area contributed by atoms with Crippen LogP contribution in [0, 0.1) is 0 Å². The Labute approximate surface area is 155 Å². The Morgan fingerprint density at radius 1 is 0.893 bits per heavy atom. The highest BCUT2D eigenvalue weighted by Crippen LogP contribution is 2.36. The van der Waals surface area contributed by atoms with Crippen molar-refractivity contribution < 1.29 is 22.6 Å². The fourth-order valence-corrected chi connectivity index (χ4v) is 2.68. The number of aromatic amines is 2. The van der Waals surface area contributed by atoms with Crippen molar-refractivity contribution in [3.63, 3.8) is 0 Å². The molecular formula is C18H13F3N4O3. The summed E-state index contributed by atoms with van der Waals surface area (Å²) in [6, 6.07) is 9.29. The highest BCUT2D eigenvalue weighted by atomic mass is 19.4. The second-order valence-corrected chi connectivity index (χ2v) is 5.91. The number of azo groups is 1. The molecule has 2 aromatic carbocycles. The fraction of sp³-hybridized carbons (Fsp3) is 0.167. The van der Waals surface area contributed by atoms with Gasteiger partial charge in [-0.25, -0.2) is 0 Å². The van der Waals surface area contributed by atoms with Gasteiger partial charge in [0.1, 0.15) is 13.2 Å². The maximum atomic E-state index is 12.6. The molecule has 10 heteroatoms. The first-order chi connectivity index (χ1) is 13.4. The number of benzene rings is 2. The van der Waals surface area contributed by atoms with E-state index in [1.54, 1.807) is 18.2 Å². The fourth-order valence-electron chi connectivity index (χ4n) is 2.68. The molecule has 4 rings (SSSR count). The van der Waals surface area contributed by atoms with Crippen molar-refractivity contribution in [1.82, 2.24) is 10.2 Å². The van der Waals surface area contributed by atoms with Crippen LogP contribution < -0.4 is 15.0 Å². The number of H-pyrrole nitrogens is 2. The van der Waals surface area contributed by atoms with Crippen LogP contribution in [0.5, 0.6) is 11.5 Å². The number of aromatic nitrogens is 2. The Morgan fingerprint density at radius 2 is 1.61 bits per heavy atom. The summed E-state index contributed by atoms with van der Waals surface area (Å²) in [5, 5.41) is 12.9. The van der Waals surface area contributed by atoms with Crippen LogP contribution in [0.1, 0.15) is 5.56 Å². The van der Waals surface area contributed by atoms with Gasteiger partial charge in [-0.2, -0.15) is 18.3 Å². The van der Waals surface area contributed by atoms with Crippen LogP contribution in [-0.4, -0.2) is 23.4 Å². The number of halogens is 3. The minimum Gasteiger partial charge on any atom is -0.486 e. The maximum absolute atomic E-state index is 12.6. The van der Waals surface area contributed by atoms with E-state index >= 15 is 0 Å². The lowest BCUT2D eigenvalue weighted by atomic mass is 10.1. The van der Waals surface area contributed by atoms with Gasteiger partial charge in [-0.05, 0) is 42.5 Å². The minimum atomic E-state index is -4.43. The number of hydrogen-bond acceptors (Lipinski definition) is 5. The van der Waals surface area contributed by atoms with E-state index in [2.05, 4.69) is 20.4 Å². The molecule has 0 unspecified atom stereocenters. The Morgan fingerprint density at radius 3 is 2.32 bits per heavy atom. The summed E-state index contributed by atoms with van der Waals surface area (Å²) in [6.45, 7) is 0.876. The Bertz CT molecular complexity index is 1080. The number of alkyl halides is 3. The van der Waals surface area contributed by atoms with Crippen molar-refractivity contribution in [2.45, 2.75) is 6.18 Å². The smallest absolute Gasteiger partial charge is 0.416 e. The van der Waals surface area contributed by atoms with Crippen LogP contribution in [0.2, 0.25) is 0 Å². The van der Waals surface area contributed by atoms with Gasteiger partial charge >= 0.3 is 6.18 Å². The van der Waals surface area contributed by atoms with Crippen molar-refractivity contribution in [2.75, 3.05) is 13.2 Å². The van der Waals surface area contributed by atoms with E-state index in [0.717, 1.165) is 12.1 Å². The van der Waals surface area contributed by atoms with Crippen LogP contribution in [0.4, 0.5) is 24.5 Å². The van der Waals surface area contributed by atoms with Gasteiger partial charge in [0.15, 0.2) is 17.2 Å². The topological polar surface area (TPSA) is 91.8 Å². The SMILES string of the molecule is O=c1[nH][nH]c(-c2ccc3c(c2)OCCO3)c1N=Nc1ccc(C(F)(F)F)cc1. The predicted molar refractivity (Wildman–Crippen MR) is 93.5 cm³/mol. The number of nitrogens with zero attached hydrogens (tertiary/aromatic N) is 2. The number of nitrogens with one attached hydrogen (secondary N) is 2. The quantitative estimate of drug-likeness (QED) is 0.642. The van der Waals surface area contributed by atoms with E-state index in [-0.39, 0.29) is 11.4 Å². The van der Waals surface area contributed by atoms with Gasteiger partial charge in [0.2, 0.25) is 0 Å². The first-order valence-corrected chi connectivity index (χ1v) is 8.21. The third-order valence-electron chi connectivity index (χ3n) is 4.04. The van der Waals surface area contributed by atoms with Crippen molar-refractivity contribution in [3.05, 3.63) is 58.4 Å². The summed E-state index contributed by atoms with van der Waals surface area (Å²) < 4.78 is 48.8. The summed E-state index contributed by atoms with van der Waals surface area (Å²) in [5.41, 5.74) is -0.136. The highest BCUT2D eigenvalue weighted by molar-refractivity contribution is 5.73. The van der Waals surface area contributed by atoms with E-state index in [1.165, 1.54) is 12.1 Å².